The molecule has 1 aliphatic rings. The molecule has 55 heavy (non-hydrogen) atoms. The van der Waals surface area contributed by atoms with Crippen molar-refractivity contribution in [2.75, 3.05) is 13.2 Å². The predicted octanol–water partition coefficient (Wildman–Crippen LogP) is 9.33. The van der Waals surface area contributed by atoms with Crippen LogP contribution in [0.3, 0.4) is 0 Å². The van der Waals surface area contributed by atoms with Gasteiger partial charge in [-0.2, -0.15) is 0 Å². The minimum atomic E-state index is -0.455. The van der Waals surface area contributed by atoms with Crippen molar-refractivity contribution >= 4 is 11.9 Å². The number of rotatable bonds is 10. The van der Waals surface area contributed by atoms with Crippen LogP contribution in [0.25, 0.3) is 0 Å². The fourth-order valence-electron chi connectivity index (χ4n) is 7.18. The van der Waals surface area contributed by atoms with Gasteiger partial charge in [0.05, 0.1) is 18.2 Å². The van der Waals surface area contributed by atoms with Crippen molar-refractivity contribution in [3.05, 3.63) is 189 Å². The molecule has 0 fully saturated rings. The van der Waals surface area contributed by atoms with E-state index in [0.717, 1.165) is 62.2 Å². The van der Waals surface area contributed by atoms with Gasteiger partial charge in [-0.25, -0.2) is 4.79 Å². The van der Waals surface area contributed by atoms with Gasteiger partial charge in [-0.3, -0.25) is 4.79 Å². The number of phenolic OH excluding ortho intramolecular Hbond substituents is 1. The Hall–Kier alpha value is -6.34. The molecule has 0 saturated carbocycles. The third-order valence-corrected chi connectivity index (χ3v) is 9.94. The first kappa shape index (κ1) is 37.0. The van der Waals surface area contributed by atoms with Gasteiger partial charge in [0.25, 0.3) is 5.91 Å². The van der Waals surface area contributed by atoms with Crippen LogP contribution >= 0.6 is 0 Å². The monoisotopic (exact) mass is 731 g/mol. The van der Waals surface area contributed by atoms with Gasteiger partial charge >= 0.3 is 5.97 Å². The van der Waals surface area contributed by atoms with Crippen molar-refractivity contribution in [2.24, 2.45) is 0 Å². The highest BCUT2D eigenvalue weighted by Gasteiger charge is 2.23. The van der Waals surface area contributed by atoms with Gasteiger partial charge < -0.3 is 24.6 Å². The molecule has 2 N–H and O–H groups in total. The molecule has 0 heterocycles. The van der Waals surface area contributed by atoms with Gasteiger partial charge in [-0.15, -0.1) is 0 Å². The summed E-state index contributed by atoms with van der Waals surface area (Å²) < 4.78 is 19.2. The van der Waals surface area contributed by atoms with E-state index in [4.69, 9.17) is 14.2 Å². The van der Waals surface area contributed by atoms with E-state index >= 15 is 0 Å². The van der Waals surface area contributed by atoms with E-state index in [2.05, 4.69) is 12.2 Å². The SMILES string of the molecule is CCCOc1c2cccc1Cc1cccc(c1OC(=O)c1ccccc1)Cc1cccc(c1OCC(=O)N[C@H](C)c1ccccc1)Cc1cccc(c1O)C2. The van der Waals surface area contributed by atoms with Crippen LogP contribution in [-0.2, 0) is 30.5 Å². The third-order valence-electron chi connectivity index (χ3n) is 9.94. The molecule has 0 unspecified atom stereocenters. The highest BCUT2D eigenvalue weighted by molar-refractivity contribution is 5.91. The third kappa shape index (κ3) is 8.73. The van der Waals surface area contributed by atoms with E-state index in [1.807, 2.05) is 128 Å². The van der Waals surface area contributed by atoms with Gasteiger partial charge in [-0.1, -0.05) is 128 Å². The number of carbonyl (C=O) groups is 2. The maximum atomic E-state index is 13.7. The lowest BCUT2D eigenvalue weighted by Gasteiger charge is -2.21. The average molecular weight is 732 g/mol. The van der Waals surface area contributed by atoms with Crippen LogP contribution < -0.4 is 19.5 Å². The lowest BCUT2D eigenvalue weighted by Crippen LogP contribution is -2.31. The summed E-state index contributed by atoms with van der Waals surface area (Å²) in [5.74, 6) is 1.30. The van der Waals surface area contributed by atoms with Crippen LogP contribution in [-0.4, -0.2) is 30.2 Å². The number of esters is 1. The number of hydrogen-bond acceptors (Lipinski definition) is 6. The van der Waals surface area contributed by atoms with Crippen LogP contribution in [0.5, 0.6) is 23.0 Å². The van der Waals surface area contributed by atoms with Crippen LogP contribution in [0.2, 0.25) is 0 Å². The number of phenols is 1. The number of carbonyl (C=O) groups excluding carboxylic acids is 2. The molecule has 278 valence electrons. The zero-order chi connectivity index (χ0) is 38.1. The van der Waals surface area contributed by atoms with Crippen LogP contribution in [0, 0.1) is 0 Å². The van der Waals surface area contributed by atoms with E-state index in [9.17, 15) is 14.7 Å². The molecule has 6 aromatic rings. The van der Waals surface area contributed by atoms with E-state index < -0.39 is 5.97 Å². The Bertz CT molecular complexity index is 2280. The molecule has 0 spiro atoms. The predicted molar refractivity (Wildman–Crippen MR) is 214 cm³/mol. The summed E-state index contributed by atoms with van der Waals surface area (Å²) in [6, 6.07) is 42.3. The minimum absolute atomic E-state index is 0.206. The summed E-state index contributed by atoms with van der Waals surface area (Å²) in [5, 5.41) is 14.8. The zero-order valence-corrected chi connectivity index (χ0v) is 31.2. The van der Waals surface area contributed by atoms with E-state index in [1.54, 1.807) is 12.1 Å². The molecule has 0 saturated heterocycles. The number of hydrogen-bond donors (Lipinski definition) is 2. The molecule has 0 radical (unpaired) electrons. The van der Waals surface area contributed by atoms with Crippen molar-refractivity contribution < 1.29 is 28.9 Å². The number of para-hydroxylation sites is 4. The van der Waals surface area contributed by atoms with Crippen molar-refractivity contribution in [3.8, 4) is 23.0 Å². The Labute approximate surface area is 322 Å². The Balaban J connectivity index is 1.33. The maximum Gasteiger partial charge on any atom is 0.343 e. The molecule has 7 nitrogen and oxygen atoms in total. The second kappa shape index (κ2) is 17.2. The molecule has 8 bridgehead atoms. The van der Waals surface area contributed by atoms with Gasteiger partial charge in [-0.05, 0) is 75.5 Å². The summed E-state index contributed by atoms with van der Waals surface area (Å²) in [5.41, 5.74) is 8.09. The summed E-state index contributed by atoms with van der Waals surface area (Å²) in [6.07, 6.45) is 2.43. The molecule has 1 amide bonds. The molecule has 6 aromatic carbocycles. The van der Waals surface area contributed by atoms with Gasteiger partial charge in [0.2, 0.25) is 0 Å². The quantitative estimate of drug-likeness (QED) is 0.108. The van der Waals surface area contributed by atoms with Crippen molar-refractivity contribution in [1.29, 1.82) is 0 Å². The Morgan fingerprint density at radius 2 is 1.02 bits per heavy atom. The van der Waals surface area contributed by atoms with Gasteiger partial charge in [0.15, 0.2) is 6.61 Å². The Morgan fingerprint density at radius 3 is 1.53 bits per heavy atom. The van der Waals surface area contributed by atoms with E-state index in [0.29, 0.717) is 49.4 Å². The highest BCUT2D eigenvalue weighted by atomic mass is 16.5. The summed E-state index contributed by atoms with van der Waals surface area (Å²) >= 11 is 0. The topological polar surface area (TPSA) is 94.1 Å². The molecule has 0 aliphatic heterocycles. The van der Waals surface area contributed by atoms with Crippen LogP contribution in [0.1, 0.15) is 86.7 Å². The number of amides is 1. The maximum absolute atomic E-state index is 13.7. The fraction of sp³-hybridized carbons (Fsp3) is 0.208. The molecular weight excluding hydrogens is 687 g/mol. The number of benzene rings is 6. The smallest absolute Gasteiger partial charge is 0.343 e. The van der Waals surface area contributed by atoms with E-state index in [1.165, 1.54) is 0 Å². The number of ether oxygens (including phenoxy) is 3. The number of nitrogens with one attached hydrogen (secondary N) is 1. The van der Waals surface area contributed by atoms with Crippen molar-refractivity contribution in [1.82, 2.24) is 5.32 Å². The lowest BCUT2D eigenvalue weighted by molar-refractivity contribution is -0.123. The fourth-order valence-corrected chi connectivity index (χ4v) is 7.18. The molecule has 1 atom stereocenters. The van der Waals surface area contributed by atoms with Crippen LogP contribution in [0.15, 0.2) is 133 Å². The standard InChI is InChI=1S/C48H45NO6/c1-3-26-53-45-37-20-11-22-39(45)29-41-24-13-25-42(47(41)55-48(52)34-16-8-5-9-17-34)30-40-23-12-21-38(28-36-19-10-18-35(27-37)44(36)51)46(40)54-31-43(50)49-32(2)33-14-6-4-7-15-33/h4-25,32,51H,3,26-31H2,1-2H3,(H,49,50)/t32-/m1/s1. The zero-order valence-electron chi connectivity index (χ0n) is 31.2. The normalized spacial score (nSPS) is 12.6. The first-order chi connectivity index (χ1) is 26.9. The molecule has 0 aromatic heterocycles. The number of aromatic hydroxyl groups is 1. The summed E-state index contributed by atoms with van der Waals surface area (Å²) in [6.45, 7) is 4.34. The summed E-state index contributed by atoms with van der Waals surface area (Å²) in [4.78, 5) is 27.0. The van der Waals surface area contributed by atoms with Crippen molar-refractivity contribution in [2.45, 2.75) is 52.0 Å². The van der Waals surface area contributed by atoms with Crippen molar-refractivity contribution in [3.63, 3.8) is 0 Å². The van der Waals surface area contributed by atoms with Gasteiger partial charge in [0.1, 0.15) is 23.0 Å². The average Bonchev–Trinajstić information content (AvgIpc) is 3.20. The molecule has 1 aliphatic carbocycles. The van der Waals surface area contributed by atoms with Gasteiger partial charge in [0, 0.05) is 25.7 Å². The first-order valence-corrected chi connectivity index (χ1v) is 18.9. The minimum Gasteiger partial charge on any atom is -0.507 e. The number of fused-ring (bicyclic) bond motifs is 8. The molecular formula is C48H45NO6. The second-order valence-corrected chi connectivity index (χ2v) is 13.9. The highest BCUT2D eigenvalue weighted by Crippen LogP contribution is 2.38. The Morgan fingerprint density at radius 1 is 0.582 bits per heavy atom. The molecule has 7 rings (SSSR count). The first-order valence-electron chi connectivity index (χ1n) is 18.9. The largest absolute Gasteiger partial charge is 0.507 e. The lowest BCUT2D eigenvalue weighted by atomic mass is 9.91. The second-order valence-electron chi connectivity index (χ2n) is 13.9. The molecule has 7 heteroatoms. The summed E-state index contributed by atoms with van der Waals surface area (Å²) in [7, 11) is 0. The Kier molecular flexibility index (Phi) is 11.6. The van der Waals surface area contributed by atoms with Crippen LogP contribution in [0.4, 0.5) is 0 Å². The van der Waals surface area contributed by atoms with E-state index in [-0.39, 0.29) is 24.3 Å².